The second-order valence-electron chi connectivity index (χ2n) is 4.67. The maximum atomic E-state index is 12.3. The Morgan fingerprint density at radius 1 is 1.56 bits per heavy atom. The van der Waals surface area contributed by atoms with Crippen LogP contribution in [0.25, 0.3) is 0 Å². The highest BCUT2D eigenvalue weighted by atomic mass is 16.3. The van der Waals surface area contributed by atoms with Crippen molar-refractivity contribution < 1.29 is 9.21 Å². The highest BCUT2D eigenvalue weighted by Crippen LogP contribution is 2.18. The van der Waals surface area contributed by atoms with Crippen LogP contribution in [0.15, 0.2) is 10.8 Å². The first-order chi connectivity index (χ1) is 8.67. The van der Waals surface area contributed by atoms with E-state index in [1.807, 2.05) is 4.90 Å². The molecule has 1 aliphatic heterocycles. The van der Waals surface area contributed by atoms with Crippen LogP contribution in [0, 0.1) is 6.92 Å². The number of amides is 1. The molecule has 0 radical (unpaired) electrons. The second-order valence-corrected chi connectivity index (χ2v) is 4.67. The van der Waals surface area contributed by atoms with Crippen molar-refractivity contribution in [2.45, 2.75) is 33.2 Å². The van der Waals surface area contributed by atoms with Gasteiger partial charge in [-0.3, -0.25) is 9.69 Å². The second kappa shape index (κ2) is 5.52. The van der Waals surface area contributed by atoms with E-state index in [2.05, 4.69) is 23.7 Å². The van der Waals surface area contributed by atoms with Crippen LogP contribution in [-0.2, 0) is 0 Å². The Bertz CT molecular complexity index is 412. The number of aromatic nitrogens is 1. The van der Waals surface area contributed by atoms with Gasteiger partial charge >= 0.3 is 0 Å². The fraction of sp³-hybridized carbons (Fsp3) is 0.692. The maximum absolute atomic E-state index is 12.3. The Balaban J connectivity index is 2.01. The van der Waals surface area contributed by atoms with Gasteiger partial charge in [-0.2, -0.15) is 0 Å². The predicted octanol–water partition coefficient (Wildman–Crippen LogP) is 1.54. The molecule has 100 valence electrons. The number of hydrogen-bond acceptors (Lipinski definition) is 4. The van der Waals surface area contributed by atoms with Crippen LogP contribution in [0.5, 0.6) is 0 Å². The first-order valence-corrected chi connectivity index (χ1v) is 6.60. The minimum absolute atomic E-state index is 0.00379. The number of carbonyl (C=O) groups excluding carboxylic acids is 1. The predicted molar refractivity (Wildman–Crippen MR) is 68.5 cm³/mol. The fourth-order valence-electron chi connectivity index (χ4n) is 2.62. The van der Waals surface area contributed by atoms with Gasteiger partial charge < -0.3 is 9.32 Å². The van der Waals surface area contributed by atoms with Gasteiger partial charge in [0.1, 0.15) is 5.76 Å². The molecule has 0 saturated carbocycles. The van der Waals surface area contributed by atoms with E-state index in [-0.39, 0.29) is 5.91 Å². The number of carbonyl (C=O) groups is 1. The SMILES string of the molecule is CCN(CC)[C@H]1CCN(C(=O)c2ncoc2C)C1. The number of likely N-dealkylation sites (N-methyl/N-ethyl adjacent to an activating group) is 1. The molecule has 1 amide bonds. The van der Waals surface area contributed by atoms with Gasteiger partial charge in [0.05, 0.1) is 0 Å². The number of likely N-dealkylation sites (tertiary alicyclic amines) is 1. The zero-order valence-corrected chi connectivity index (χ0v) is 11.3. The number of nitrogens with zero attached hydrogens (tertiary/aromatic N) is 3. The Kier molecular flexibility index (Phi) is 4.01. The van der Waals surface area contributed by atoms with Crippen LogP contribution in [0.1, 0.15) is 36.5 Å². The van der Waals surface area contributed by atoms with Crippen molar-refractivity contribution in [2.24, 2.45) is 0 Å². The molecule has 0 bridgehead atoms. The quantitative estimate of drug-likeness (QED) is 0.814. The summed E-state index contributed by atoms with van der Waals surface area (Å²) in [5.41, 5.74) is 0.454. The number of rotatable bonds is 4. The smallest absolute Gasteiger partial charge is 0.276 e. The van der Waals surface area contributed by atoms with Crippen molar-refractivity contribution >= 4 is 5.91 Å². The van der Waals surface area contributed by atoms with E-state index in [1.165, 1.54) is 6.39 Å². The van der Waals surface area contributed by atoms with E-state index in [9.17, 15) is 4.79 Å². The van der Waals surface area contributed by atoms with Gasteiger partial charge in [-0.05, 0) is 26.4 Å². The molecular weight excluding hydrogens is 230 g/mol. The molecule has 2 rings (SSSR count). The summed E-state index contributed by atoms with van der Waals surface area (Å²) in [5.74, 6) is 0.599. The van der Waals surface area contributed by atoms with Crippen molar-refractivity contribution in [3.8, 4) is 0 Å². The highest BCUT2D eigenvalue weighted by molar-refractivity contribution is 5.93. The summed E-state index contributed by atoms with van der Waals surface area (Å²) in [6.45, 7) is 9.78. The van der Waals surface area contributed by atoms with Crippen molar-refractivity contribution in [1.29, 1.82) is 0 Å². The van der Waals surface area contributed by atoms with E-state index < -0.39 is 0 Å². The van der Waals surface area contributed by atoms with E-state index in [1.54, 1.807) is 6.92 Å². The topological polar surface area (TPSA) is 49.6 Å². The molecule has 0 aliphatic carbocycles. The van der Waals surface area contributed by atoms with Crippen LogP contribution < -0.4 is 0 Å². The van der Waals surface area contributed by atoms with Crippen molar-refractivity contribution in [2.75, 3.05) is 26.2 Å². The summed E-state index contributed by atoms with van der Waals surface area (Å²) in [4.78, 5) is 20.5. The summed E-state index contributed by atoms with van der Waals surface area (Å²) in [5, 5.41) is 0. The Hall–Kier alpha value is -1.36. The number of oxazole rings is 1. The van der Waals surface area contributed by atoms with Crippen LogP contribution in [0.4, 0.5) is 0 Å². The van der Waals surface area contributed by atoms with Gasteiger partial charge in [0, 0.05) is 19.1 Å². The minimum atomic E-state index is -0.00379. The van der Waals surface area contributed by atoms with E-state index >= 15 is 0 Å². The van der Waals surface area contributed by atoms with Gasteiger partial charge in [-0.15, -0.1) is 0 Å². The lowest BCUT2D eigenvalue weighted by atomic mass is 10.2. The minimum Gasteiger partial charge on any atom is -0.448 e. The molecular formula is C13H21N3O2. The van der Waals surface area contributed by atoms with Crippen LogP contribution in [0.3, 0.4) is 0 Å². The molecule has 0 spiro atoms. The van der Waals surface area contributed by atoms with Gasteiger partial charge in [-0.25, -0.2) is 4.98 Å². The monoisotopic (exact) mass is 251 g/mol. The Morgan fingerprint density at radius 2 is 2.28 bits per heavy atom. The lowest BCUT2D eigenvalue weighted by Gasteiger charge is -2.25. The van der Waals surface area contributed by atoms with Gasteiger partial charge in [0.25, 0.3) is 5.91 Å². The highest BCUT2D eigenvalue weighted by Gasteiger charge is 2.31. The molecule has 5 nitrogen and oxygen atoms in total. The molecule has 1 aliphatic rings. The molecule has 1 saturated heterocycles. The lowest BCUT2D eigenvalue weighted by molar-refractivity contribution is 0.0771. The van der Waals surface area contributed by atoms with Crippen molar-refractivity contribution in [1.82, 2.24) is 14.8 Å². The molecule has 0 unspecified atom stereocenters. The molecule has 1 aromatic heterocycles. The van der Waals surface area contributed by atoms with Gasteiger partial charge in [0.2, 0.25) is 0 Å². The summed E-state index contributed by atoms with van der Waals surface area (Å²) >= 11 is 0. The zero-order valence-electron chi connectivity index (χ0n) is 11.3. The van der Waals surface area contributed by atoms with Crippen molar-refractivity contribution in [3.63, 3.8) is 0 Å². The summed E-state index contributed by atoms with van der Waals surface area (Å²) in [6.07, 6.45) is 2.38. The summed E-state index contributed by atoms with van der Waals surface area (Å²) in [6, 6.07) is 0.483. The first kappa shape index (κ1) is 13.1. The standard InChI is InChI=1S/C13H21N3O2/c1-4-15(5-2)11-6-7-16(8-11)13(17)12-10(3)18-9-14-12/h9,11H,4-8H2,1-3H3/t11-/m0/s1. The van der Waals surface area contributed by atoms with Crippen LogP contribution >= 0.6 is 0 Å². The van der Waals surface area contributed by atoms with Gasteiger partial charge in [-0.1, -0.05) is 13.8 Å². The van der Waals surface area contributed by atoms with Crippen LogP contribution in [0.2, 0.25) is 0 Å². The third-order valence-electron chi connectivity index (χ3n) is 3.73. The average Bonchev–Trinajstić information content (AvgIpc) is 2.99. The summed E-state index contributed by atoms with van der Waals surface area (Å²) < 4.78 is 5.09. The Labute approximate surface area is 108 Å². The maximum Gasteiger partial charge on any atom is 0.276 e. The van der Waals surface area contributed by atoms with E-state index in [0.29, 0.717) is 17.5 Å². The lowest BCUT2D eigenvalue weighted by Crippen LogP contribution is -2.38. The largest absolute Gasteiger partial charge is 0.448 e. The van der Waals surface area contributed by atoms with E-state index in [4.69, 9.17) is 4.42 Å². The molecule has 5 heteroatoms. The average molecular weight is 251 g/mol. The molecule has 1 atom stereocenters. The molecule has 18 heavy (non-hydrogen) atoms. The van der Waals surface area contributed by atoms with Crippen molar-refractivity contribution in [3.05, 3.63) is 17.8 Å². The number of aryl methyl sites for hydroxylation is 1. The molecule has 0 aromatic carbocycles. The molecule has 2 heterocycles. The number of hydrogen-bond donors (Lipinski definition) is 0. The normalized spacial score (nSPS) is 19.8. The van der Waals surface area contributed by atoms with Crippen LogP contribution in [-0.4, -0.2) is 52.9 Å². The molecule has 1 fully saturated rings. The third-order valence-corrected chi connectivity index (χ3v) is 3.73. The Morgan fingerprint density at radius 3 is 2.83 bits per heavy atom. The fourth-order valence-corrected chi connectivity index (χ4v) is 2.62. The zero-order chi connectivity index (χ0) is 13.1. The molecule has 1 aromatic rings. The van der Waals surface area contributed by atoms with E-state index in [0.717, 1.165) is 32.6 Å². The van der Waals surface area contributed by atoms with Gasteiger partial charge in [0.15, 0.2) is 12.1 Å². The summed E-state index contributed by atoms with van der Waals surface area (Å²) in [7, 11) is 0. The molecule has 0 N–H and O–H groups in total. The third kappa shape index (κ3) is 2.41. The first-order valence-electron chi connectivity index (χ1n) is 6.60.